The highest BCUT2D eigenvalue weighted by atomic mass is 32.2. The Labute approximate surface area is 99.6 Å². The molecule has 1 saturated heterocycles. The predicted molar refractivity (Wildman–Crippen MR) is 66.9 cm³/mol. The lowest BCUT2D eigenvalue weighted by Gasteiger charge is -2.24. The highest BCUT2D eigenvalue weighted by Gasteiger charge is 2.15. The smallest absolute Gasteiger partial charge is 0.142 e. The Balaban J connectivity index is 2.09. The molecule has 16 heavy (non-hydrogen) atoms. The van der Waals surface area contributed by atoms with Crippen molar-refractivity contribution in [2.75, 3.05) is 23.9 Å². The zero-order valence-electron chi connectivity index (χ0n) is 9.33. The number of ether oxygens (including phenoxy) is 1. The van der Waals surface area contributed by atoms with Crippen molar-refractivity contribution in [2.45, 2.75) is 18.9 Å². The van der Waals surface area contributed by atoms with E-state index in [2.05, 4.69) is 5.32 Å². The third-order valence-electron chi connectivity index (χ3n) is 2.68. The quantitative estimate of drug-likeness (QED) is 0.878. The van der Waals surface area contributed by atoms with Crippen LogP contribution >= 0.6 is 11.8 Å². The van der Waals surface area contributed by atoms with Crippen molar-refractivity contribution < 1.29 is 9.13 Å². The third kappa shape index (κ3) is 2.82. The average Bonchev–Trinajstić information content (AvgIpc) is 2.31. The Hall–Kier alpha value is -0.900. The first-order valence-electron chi connectivity index (χ1n) is 5.47. The number of halogens is 1. The molecule has 1 fully saturated rings. The zero-order chi connectivity index (χ0) is 11.4. The third-order valence-corrected chi connectivity index (χ3v) is 3.90. The van der Waals surface area contributed by atoms with Gasteiger partial charge in [0, 0.05) is 17.9 Å². The topological polar surface area (TPSA) is 21.3 Å². The van der Waals surface area contributed by atoms with Crippen LogP contribution in [-0.2, 0) is 0 Å². The summed E-state index contributed by atoms with van der Waals surface area (Å²) in [7, 11) is 1.61. The van der Waals surface area contributed by atoms with Crippen LogP contribution in [0.5, 0.6) is 5.75 Å². The van der Waals surface area contributed by atoms with Crippen LogP contribution in [0.3, 0.4) is 0 Å². The van der Waals surface area contributed by atoms with E-state index in [4.69, 9.17) is 4.74 Å². The van der Waals surface area contributed by atoms with Gasteiger partial charge in [-0.3, -0.25) is 0 Å². The number of hydrogen-bond donors (Lipinski definition) is 1. The normalized spacial score (nSPS) is 20.5. The lowest BCUT2D eigenvalue weighted by Crippen LogP contribution is -2.25. The van der Waals surface area contributed by atoms with E-state index in [-0.39, 0.29) is 5.82 Å². The summed E-state index contributed by atoms with van der Waals surface area (Å²) in [6.07, 6.45) is 2.37. The highest BCUT2D eigenvalue weighted by molar-refractivity contribution is 7.99. The molecular formula is C12H16FNOS. The van der Waals surface area contributed by atoms with Crippen LogP contribution in [0.25, 0.3) is 0 Å². The number of rotatable bonds is 3. The van der Waals surface area contributed by atoms with Gasteiger partial charge >= 0.3 is 0 Å². The molecule has 0 amide bonds. The van der Waals surface area contributed by atoms with Gasteiger partial charge in [0.05, 0.1) is 12.8 Å². The maximum absolute atomic E-state index is 13.1. The fraction of sp³-hybridized carbons (Fsp3) is 0.500. The fourth-order valence-electron chi connectivity index (χ4n) is 1.87. The van der Waals surface area contributed by atoms with Crippen molar-refractivity contribution in [3.05, 3.63) is 24.0 Å². The number of anilines is 1. The minimum Gasteiger partial charge on any atom is -0.495 e. The minimum absolute atomic E-state index is 0.230. The molecule has 4 heteroatoms. The summed E-state index contributed by atoms with van der Waals surface area (Å²) in [5.74, 6) is 2.79. The predicted octanol–water partition coefficient (Wildman–Crippen LogP) is 3.14. The molecule has 1 aliphatic rings. The van der Waals surface area contributed by atoms with Crippen molar-refractivity contribution in [2.24, 2.45) is 0 Å². The maximum Gasteiger partial charge on any atom is 0.142 e. The lowest BCUT2D eigenvalue weighted by atomic mass is 10.1. The van der Waals surface area contributed by atoms with Crippen LogP contribution < -0.4 is 10.1 Å². The molecule has 1 aromatic carbocycles. The van der Waals surface area contributed by atoms with Crippen LogP contribution in [0.4, 0.5) is 10.1 Å². The molecule has 1 aromatic rings. The molecule has 0 aliphatic carbocycles. The molecule has 0 bridgehead atoms. The van der Waals surface area contributed by atoms with Crippen molar-refractivity contribution >= 4 is 17.4 Å². The van der Waals surface area contributed by atoms with Gasteiger partial charge in [-0.25, -0.2) is 4.39 Å². The molecule has 0 saturated carbocycles. The fourth-order valence-corrected chi connectivity index (χ4v) is 2.94. The Morgan fingerprint density at radius 1 is 1.50 bits per heavy atom. The number of thioether (sulfide) groups is 1. The summed E-state index contributed by atoms with van der Waals surface area (Å²) in [6, 6.07) is 5.00. The summed E-state index contributed by atoms with van der Waals surface area (Å²) >= 11 is 1.94. The van der Waals surface area contributed by atoms with Crippen LogP contribution in [0, 0.1) is 5.82 Å². The maximum atomic E-state index is 13.1. The first kappa shape index (κ1) is 11.6. The van der Waals surface area contributed by atoms with Gasteiger partial charge in [-0.1, -0.05) is 0 Å². The Morgan fingerprint density at radius 3 is 3.06 bits per heavy atom. The molecule has 1 atom stereocenters. The molecule has 2 rings (SSSR count). The van der Waals surface area contributed by atoms with Gasteiger partial charge in [-0.2, -0.15) is 11.8 Å². The summed E-state index contributed by atoms with van der Waals surface area (Å²) < 4.78 is 18.3. The number of hydrogen-bond acceptors (Lipinski definition) is 3. The second-order valence-corrected chi connectivity index (χ2v) is 5.05. The van der Waals surface area contributed by atoms with Gasteiger partial charge < -0.3 is 10.1 Å². The molecule has 2 nitrogen and oxygen atoms in total. The number of nitrogens with one attached hydrogen (secondary N) is 1. The van der Waals surface area contributed by atoms with E-state index in [1.807, 2.05) is 11.8 Å². The highest BCUT2D eigenvalue weighted by Crippen LogP contribution is 2.28. The van der Waals surface area contributed by atoms with Gasteiger partial charge in [0.1, 0.15) is 11.6 Å². The Morgan fingerprint density at radius 2 is 2.38 bits per heavy atom. The zero-order valence-corrected chi connectivity index (χ0v) is 10.1. The van der Waals surface area contributed by atoms with E-state index in [1.165, 1.54) is 24.3 Å². The van der Waals surface area contributed by atoms with E-state index < -0.39 is 0 Å². The SMILES string of the molecule is COc1ccc(F)cc1NC1CCCSC1. The van der Waals surface area contributed by atoms with Crippen molar-refractivity contribution in [3.63, 3.8) is 0 Å². The van der Waals surface area contributed by atoms with Gasteiger partial charge in [-0.05, 0) is 30.7 Å². The van der Waals surface area contributed by atoms with Gasteiger partial charge in [0.2, 0.25) is 0 Å². The standard InChI is InChI=1S/C12H16FNOS/c1-15-12-5-4-9(13)7-11(12)14-10-3-2-6-16-8-10/h4-5,7,10,14H,2-3,6,8H2,1H3. The molecule has 0 spiro atoms. The van der Waals surface area contributed by atoms with E-state index in [1.54, 1.807) is 13.2 Å². The van der Waals surface area contributed by atoms with E-state index in [9.17, 15) is 4.39 Å². The van der Waals surface area contributed by atoms with Crippen LogP contribution in [-0.4, -0.2) is 24.7 Å². The molecule has 1 unspecified atom stereocenters. The molecular weight excluding hydrogens is 225 g/mol. The number of benzene rings is 1. The Bertz CT molecular complexity index is 353. The first-order chi connectivity index (χ1) is 7.79. The molecule has 88 valence electrons. The average molecular weight is 241 g/mol. The van der Waals surface area contributed by atoms with Gasteiger partial charge in [0.25, 0.3) is 0 Å². The van der Waals surface area contributed by atoms with Crippen molar-refractivity contribution in [1.29, 1.82) is 0 Å². The molecule has 1 aliphatic heterocycles. The van der Waals surface area contributed by atoms with Gasteiger partial charge in [-0.15, -0.1) is 0 Å². The van der Waals surface area contributed by atoms with Crippen LogP contribution in [0.15, 0.2) is 18.2 Å². The van der Waals surface area contributed by atoms with E-state index in [0.29, 0.717) is 11.8 Å². The van der Waals surface area contributed by atoms with Crippen molar-refractivity contribution in [1.82, 2.24) is 0 Å². The summed E-state index contributed by atoms with van der Waals surface area (Å²) in [5, 5.41) is 3.36. The first-order valence-corrected chi connectivity index (χ1v) is 6.63. The molecule has 1 heterocycles. The second kappa shape index (κ2) is 5.43. The molecule has 1 N–H and O–H groups in total. The van der Waals surface area contributed by atoms with Crippen LogP contribution in [0.1, 0.15) is 12.8 Å². The number of methoxy groups -OCH3 is 1. The molecule has 0 aromatic heterocycles. The summed E-state index contributed by atoms with van der Waals surface area (Å²) in [6.45, 7) is 0. The monoisotopic (exact) mass is 241 g/mol. The summed E-state index contributed by atoms with van der Waals surface area (Å²) in [5.41, 5.74) is 0.759. The van der Waals surface area contributed by atoms with E-state index in [0.717, 1.165) is 17.9 Å². The second-order valence-electron chi connectivity index (χ2n) is 3.90. The Kier molecular flexibility index (Phi) is 3.93. The van der Waals surface area contributed by atoms with E-state index >= 15 is 0 Å². The largest absolute Gasteiger partial charge is 0.495 e. The summed E-state index contributed by atoms with van der Waals surface area (Å²) in [4.78, 5) is 0. The van der Waals surface area contributed by atoms with Crippen molar-refractivity contribution in [3.8, 4) is 5.75 Å². The molecule has 0 radical (unpaired) electrons. The lowest BCUT2D eigenvalue weighted by molar-refractivity contribution is 0.415. The van der Waals surface area contributed by atoms with Crippen LogP contribution in [0.2, 0.25) is 0 Å². The minimum atomic E-state index is -0.230. The van der Waals surface area contributed by atoms with Gasteiger partial charge in [0.15, 0.2) is 0 Å².